The van der Waals surface area contributed by atoms with Crippen molar-refractivity contribution < 1.29 is 9.59 Å². The molecule has 2 aliphatic rings. The summed E-state index contributed by atoms with van der Waals surface area (Å²) in [7, 11) is 0. The maximum Gasteiger partial charge on any atom is 0.225 e. The molecule has 1 unspecified atom stereocenters. The molecule has 1 aromatic carbocycles. The van der Waals surface area contributed by atoms with Gasteiger partial charge >= 0.3 is 0 Å². The molecule has 3 nitrogen and oxygen atoms in total. The number of benzene rings is 1. The molecule has 1 aromatic rings. The molecule has 3 rings (SSSR count). The zero-order valence-electron chi connectivity index (χ0n) is 11.8. The van der Waals surface area contributed by atoms with E-state index < -0.39 is 0 Å². The lowest BCUT2D eigenvalue weighted by molar-refractivity contribution is -0.139. The van der Waals surface area contributed by atoms with E-state index in [4.69, 9.17) is 0 Å². The Balaban J connectivity index is 1.65. The average Bonchev–Trinajstić information content (AvgIpc) is 2.46. The molecule has 1 amide bonds. The Morgan fingerprint density at radius 2 is 1.65 bits per heavy atom. The minimum Gasteiger partial charge on any atom is -0.342 e. The van der Waals surface area contributed by atoms with Gasteiger partial charge in [-0.2, -0.15) is 0 Å². The number of hydrogen-bond acceptors (Lipinski definition) is 2. The first-order valence-corrected chi connectivity index (χ1v) is 7.64. The lowest BCUT2D eigenvalue weighted by Gasteiger charge is -2.36. The molecule has 1 aliphatic heterocycles. The van der Waals surface area contributed by atoms with E-state index in [1.807, 2.05) is 35.2 Å². The fraction of sp³-hybridized carbons (Fsp3) is 0.529. The number of likely N-dealkylation sites (tertiary alicyclic amines) is 1. The smallest absolute Gasteiger partial charge is 0.225 e. The van der Waals surface area contributed by atoms with Gasteiger partial charge in [0, 0.05) is 30.5 Å². The molecule has 2 fully saturated rings. The van der Waals surface area contributed by atoms with Crippen molar-refractivity contribution in [3.05, 3.63) is 35.9 Å². The van der Waals surface area contributed by atoms with Gasteiger partial charge in [-0.3, -0.25) is 9.59 Å². The first kappa shape index (κ1) is 13.3. The van der Waals surface area contributed by atoms with Gasteiger partial charge in [0.1, 0.15) is 0 Å². The summed E-state index contributed by atoms with van der Waals surface area (Å²) in [5.74, 6) is 0.689. The summed E-state index contributed by atoms with van der Waals surface area (Å²) < 4.78 is 0. The van der Waals surface area contributed by atoms with Crippen LogP contribution in [0.2, 0.25) is 0 Å². The number of nitrogens with zero attached hydrogens (tertiary/aromatic N) is 1. The SMILES string of the molecule is O=C(c1ccccc1)C1CCCN(C(=O)C2CCC2)C1. The minimum absolute atomic E-state index is 0.0184. The van der Waals surface area contributed by atoms with Gasteiger partial charge in [0.15, 0.2) is 5.78 Å². The standard InChI is InChI=1S/C17H21NO2/c19-16(13-6-2-1-3-7-13)15-10-5-11-18(12-15)17(20)14-8-4-9-14/h1-3,6-7,14-15H,4-5,8-12H2. The zero-order valence-corrected chi connectivity index (χ0v) is 11.8. The molecule has 3 heteroatoms. The molecular formula is C17H21NO2. The predicted molar refractivity (Wildman–Crippen MR) is 77.4 cm³/mol. The molecule has 0 aromatic heterocycles. The van der Waals surface area contributed by atoms with Crippen molar-refractivity contribution in [3.8, 4) is 0 Å². The number of amides is 1. The van der Waals surface area contributed by atoms with E-state index in [0.29, 0.717) is 6.54 Å². The highest BCUT2D eigenvalue weighted by molar-refractivity contribution is 5.98. The maximum atomic E-state index is 12.5. The normalized spacial score (nSPS) is 23.2. The van der Waals surface area contributed by atoms with Crippen LogP contribution >= 0.6 is 0 Å². The number of piperidine rings is 1. The lowest BCUT2D eigenvalue weighted by Crippen LogP contribution is -2.46. The van der Waals surface area contributed by atoms with Crippen LogP contribution in [0.15, 0.2) is 30.3 Å². The second kappa shape index (κ2) is 5.78. The molecule has 1 saturated carbocycles. The predicted octanol–water partition coefficient (Wildman–Crippen LogP) is 2.91. The fourth-order valence-electron chi connectivity index (χ4n) is 3.14. The van der Waals surface area contributed by atoms with Crippen molar-refractivity contribution in [3.63, 3.8) is 0 Å². The van der Waals surface area contributed by atoms with Crippen molar-refractivity contribution in [1.82, 2.24) is 4.90 Å². The first-order chi connectivity index (χ1) is 9.75. The Hall–Kier alpha value is -1.64. The molecule has 1 aliphatic carbocycles. The highest BCUT2D eigenvalue weighted by Gasteiger charge is 2.34. The molecular weight excluding hydrogens is 250 g/mol. The van der Waals surface area contributed by atoms with Gasteiger partial charge in [-0.1, -0.05) is 36.8 Å². The van der Waals surface area contributed by atoms with Crippen molar-refractivity contribution in [1.29, 1.82) is 0 Å². The highest BCUT2D eigenvalue weighted by atomic mass is 16.2. The van der Waals surface area contributed by atoms with E-state index in [9.17, 15) is 9.59 Å². The third-order valence-electron chi connectivity index (χ3n) is 4.62. The summed E-state index contributed by atoms with van der Waals surface area (Å²) in [6.07, 6.45) is 5.10. The highest BCUT2D eigenvalue weighted by Crippen LogP contribution is 2.30. The van der Waals surface area contributed by atoms with Crippen LogP contribution in [0.1, 0.15) is 42.5 Å². The second-order valence-corrected chi connectivity index (χ2v) is 5.98. The van der Waals surface area contributed by atoms with Gasteiger partial charge in [-0.25, -0.2) is 0 Å². The van der Waals surface area contributed by atoms with Crippen LogP contribution in [0.5, 0.6) is 0 Å². The van der Waals surface area contributed by atoms with Gasteiger partial charge in [0.05, 0.1) is 0 Å². The van der Waals surface area contributed by atoms with Crippen molar-refractivity contribution >= 4 is 11.7 Å². The Labute approximate surface area is 120 Å². The monoisotopic (exact) mass is 271 g/mol. The molecule has 1 atom stereocenters. The number of rotatable bonds is 3. The summed E-state index contributed by atoms with van der Waals surface area (Å²) in [4.78, 5) is 26.7. The fourth-order valence-corrected chi connectivity index (χ4v) is 3.14. The lowest BCUT2D eigenvalue weighted by atomic mass is 9.83. The van der Waals surface area contributed by atoms with Gasteiger partial charge in [-0.15, -0.1) is 0 Å². The Bertz CT molecular complexity index is 493. The van der Waals surface area contributed by atoms with Crippen molar-refractivity contribution in [2.24, 2.45) is 11.8 Å². The van der Waals surface area contributed by atoms with Gasteiger partial charge in [-0.05, 0) is 25.7 Å². The third-order valence-corrected chi connectivity index (χ3v) is 4.62. The molecule has 1 heterocycles. The van der Waals surface area contributed by atoms with Crippen LogP contribution in [-0.2, 0) is 4.79 Å². The number of Topliss-reactive ketones (excluding diaryl/α,β-unsaturated/α-hetero) is 1. The number of ketones is 1. The molecule has 0 bridgehead atoms. The average molecular weight is 271 g/mol. The topological polar surface area (TPSA) is 37.4 Å². The van der Waals surface area contributed by atoms with Crippen LogP contribution in [0.4, 0.5) is 0 Å². The van der Waals surface area contributed by atoms with E-state index in [-0.39, 0.29) is 23.5 Å². The van der Waals surface area contributed by atoms with E-state index in [1.165, 1.54) is 6.42 Å². The van der Waals surface area contributed by atoms with Crippen LogP contribution in [0.25, 0.3) is 0 Å². The maximum absolute atomic E-state index is 12.5. The third kappa shape index (κ3) is 2.62. The van der Waals surface area contributed by atoms with E-state index in [1.54, 1.807) is 0 Å². The summed E-state index contributed by atoms with van der Waals surface area (Å²) in [6.45, 7) is 1.44. The Morgan fingerprint density at radius 3 is 2.30 bits per heavy atom. The second-order valence-electron chi connectivity index (χ2n) is 5.98. The van der Waals surface area contributed by atoms with Crippen LogP contribution in [0.3, 0.4) is 0 Å². The molecule has 1 saturated heterocycles. The van der Waals surface area contributed by atoms with Gasteiger partial charge in [0.25, 0.3) is 0 Å². The first-order valence-electron chi connectivity index (χ1n) is 7.64. The van der Waals surface area contributed by atoms with Crippen molar-refractivity contribution in [2.75, 3.05) is 13.1 Å². The van der Waals surface area contributed by atoms with Gasteiger partial charge in [0.2, 0.25) is 5.91 Å². The number of carbonyl (C=O) groups is 2. The van der Waals surface area contributed by atoms with Crippen molar-refractivity contribution in [2.45, 2.75) is 32.1 Å². The summed E-state index contributed by atoms with van der Waals surface area (Å²) >= 11 is 0. The van der Waals surface area contributed by atoms with E-state index in [0.717, 1.165) is 37.8 Å². The Morgan fingerprint density at radius 1 is 0.950 bits per heavy atom. The van der Waals surface area contributed by atoms with E-state index in [2.05, 4.69) is 0 Å². The minimum atomic E-state index is -0.0184. The largest absolute Gasteiger partial charge is 0.342 e. The van der Waals surface area contributed by atoms with Crippen LogP contribution in [-0.4, -0.2) is 29.7 Å². The Kier molecular flexibility index (Phi) is 3.86. The molecule has 0 N–H and O–H groups in total. The van der Waals surface area contributed by atoms with Crippen LogP contribution in [0, 0.1) is 11.8 Å². The number of hydrogen-bond donors (Lipinski definition) is 0. The van der Waals surface area contributed by atoms with Gasteiger partial charge < -0.3 is 4.90 Å². The molecule has 106 valence electrons. The van der Waals surface area contributed by atoms with E-state index >= 15 is 0 Å². The molecule has 20 heavy (non-hydrogen) atoms. The molecule has 0 spiro atoms. The number of carbonyl (C=O) groups excluding carboxylic acids is 2. The quantitative estimate of drug-likeness (QED) is 0.793. The summed E-state index contributed by atoms with van der Waals surface area (Å²) in [5, 5.41) is 0. The summed E-state index contributed by atoms with van der Waals surface area (Å²) in [6, 6.07) is 9.45. The molecule has 0 radical (unpaired) electrons. The van der Waals surface area contributed by atoms with Crippen LogP contribution < -0.4 is 0 Å². The summed E-state index contributed by atoms with van der Waals surface area (Å²) in [5.41, 5.74) is 0.774. The zero-order chi connectivity index (χ0) is 13.9.